The highest BCUT2D eigenvalue weighted by atomic mass is 16.7. The number of carbonyl (C=O) groups is 2. The zero-order valence-electron chi connectivity index (χ0n) is 23.6. The Bertz CT molecular complexity index is 908. The Balaban J connectivity index is 1.71. The standard InChI is InChI=1S/C30H48O7/c1-7-8-9-10-11-22(17-32)14-18(2)25(33)21(5)28(35)36-24-13-12-20(4)29(6)15-23(19(3)16-31)26(34)27-30(24,29)37-27/h14,20-22,24-25,27,31-33H,7-13,15-17H2,1-6H3. The fourth-order valence-corrected chi connectivity index (χ4v) is 6.61. The molecule has 7 heteroatoms. The fourth-order valence-electron chi connectivity index (χ4n) is 6.61. The molecule has 3 rings (SSSR count). The van der Waals surface area contributed by atoms with Gasteiger partial charge >= 0.3 is 5.97 Å². The zero-order valence-corrected chi connectivity index (χ0v) is 23.6. The van der Waals surface area contributed by atoms with Gasteiger partial charge in [0.05, 0.1) is 18.6 Å². The highest BCUT2D eigenvalue weighted by Crippen LogP contribution is 2.67. The average molecular weight is 521 g/mol. The molecule has 1 aliphatic heterocycles. The van der Waals surface area contributed by atoms with Crippen molar-refractivity contribution in [2.75, 3.05) is 13.2 Å². The van der Waals surface area contributed by atoms with Gasteiger partial charge in [0.25, 0.3) is 0 Å². The molecule has 1 spiro atoms. The molecule has 0 bridgehead atoms. The third kappa shape index (κ3) is 5.61. The van der Waals surface area contributed by atoms with Crippen LogP contribution in [0.4, 0.5) is 0 Å². The number of epoxide rings is 1. The first kappa shape index (κ1) is 30.0. The van der Waals surface area contributed by atoms with Crippen LogP contribution in [-0.4, -0.2) is 64.2 Å². The second-order valence-corrected chi connectivity index (χ2v) is 12.0. The van der Waals surface area contributed by atoms with Crippen LogP contribution in [0.5, 0.6) is 0 Å². The van der Waals surface area contributed by atoms with Crippen LogP contribution < -0.4 is 0 Å². The maximum Gasteiger partial charge on any atom is 0.312 e. The SMILES string of the molecule is CCCCCCC(C=C(C)C(O)C(C)C(=O)OC1CCC(C)C2(C)CC(=C(C)CO)C(=O)C3OC132)CO. The van der Waals surface area contributed by atoms with Crippen molar-refractivity contribution >= 4 is 11.8 Å². The molecular formula is C30H48O7. The van der Waals surface area contributed by atoms with Gasteiger partial charge in [0, 0.05) is 17.9 Å². The van der Waals surface area contributed by atoms with Crippen LogP contribution in [-0.2, 0) is 19.1 Å². The Kier molecular flexibility index (Phi) is 9.82. The Hall–Kier alpha value is -1.54. The second kappa shape index (κ2) is 12.1. The second-order valence-electron chi connectivity index (χ2n) is 12.0. The minimum absolute atomic E-state index is 0.00925. The lowest BCUT2D eigenvalue weighted by molar-refractivity contribution is -0.171. The summed E-state index contributed by atoms with van der Waals surface area (Å²) in [6, 6.07) is 0. The first-order chi connectivity index (χ1) is 17.5. The number of hydrogen-bond donors (Lipinski definition) is 3. The van der Waals surface area contributed by atoms with Crippen LogP contribution in [0.2, 0.25) is 0 Å². The van der Waals surface area contributed by atoms with Gasteiger partial charge in [0.1, 0.15) is 11.7 Å². The predicted octanol–water partition coefficient (Wildman–Crippen LogP) is 4.28. The number of hydrogen-bond acceptors (Lipinski definition) is 7. The quantitative estimate of drug-likeness (QED) is 0.116. The number of esters is 1. The predicted molar refractivity (Wildman–Crippen MR) is 142 cm³/mol. The van der Waals surface area contributed by atoms with Crippen LogP contribution >= 0.6 is 0 Å². The minimum Gasteiger partial charge on any atom is -0.459 e. The Morgan fingerprint density at radius 2 is 1.92 bits per heavy atom. The van der Waals surface area contributed by atoms with Crippen molar-refractivity contribution in [1.29, 1.82) is 0 Å². The number of ketones is 1. The van der Waals surface area contributed by atoms with Crippen LogP contribution in [0.3, 0.4) is 0 Å². The largest absolute Gasteiger partial charge is 0.459 e. The molecule has 37 heavy (non-hydrogen) atoms. The molecule has 3 aliphatic rings. The van der Waals surface area contributed by atoms with Crippen molar-refractivity contribution in [3.63, 3.8) is 0 Å². The van der Waals surface area contributed by atoms with E-state index in [1.807, 2.05) is 6.08 Å². The molecule has 0 radical (unpaired) electrons. The summed E-state index contributed by atoms with van der Waals surface area (Å²) in [7, 11) is 0. The number of ether oxygens (including phenoxy) is 2. The number of aliphatic hydroxyl groups excluding tert-OH is 3. The molecule has 210 valence electrons. The lowest BCUT2D eigenvalue weighted by atomic mass is 9.53. The van der Waals surface area contributed by atoms with E-state index < -0.39 is 41.2 Å². The number of Topliss-reactive ketones (excluding diaryl/α,β-unsaturated/α-hetero) is 1. The first-order valence-electron chi connectivity index (χ1n) is 14.2. The van der Waals surface area contributed by atoms with Crippen molar-refractivity contribution in [2.45, 2.75) is 117 Å². The molecule has 2 saturated carbocycles. The Labute approximate surface area is 222 Å². The smallest absolute Gasteiger partial charge is 0.312 e. The lowest BCUT2D eigenvalue weighted by Gasteiger charge is -2.50. The van der Waals surface area contributed by atoms with E-state index in [-0.39, 0.29) is 30.8 Å². The fraction of sp³-hybridized carbons (Fsp3) is 0.800. The molecule has 0 aromatic carbocycles. The molecule has 8 atom stereocenters. The van der Waals surface area contributed by atoms with Crippen molar-refractivity contribution in [3.8, 4) is 0 Å². The molecule has 0 amide bonds. The van der Waals surface area contributed by atoms with E-state index in [4.69, 9.17) is 9.47 Å². The van der Waals surface area contributed by atoms with Gasteiger partial charge in [-0.2, -0.15) is 0 Å². The Morgan fingerprint density at radius 1 is 1.22 bits per heavy atom. The van der Waals surface area contributed by atoms with Crippen molar-refractivity contribution in [2.24, 2.45) is 23.2 Å². The third-order valence-electron chi connectivity index (χ3n) is 9.53. The summed E-state index contributed by atoms with van der Waals surface area (Å²) < 4.78 is 12.2. The summed E-state index contributed by atoms with van der Waals surface area (Å²) >= 11 is 0. The summed E-state index contributed by atoms with van der Waals surface area (Å²) in [5.41, 5.74) is 0.713. The van der Waals surface area contributed by atoms with Crippen LogP contribution in [0.1, 0.15) is 92.9 Å². The van der Waals surface area contributed by atoms with E-state index in [1.54, 1.807) is 20.8 Å². The highest BCUT2D eigenvalue weighted by molar-refractivity contribution is 6.04. The van der Waals surface area contributed by atoms with Gasteiger partial charge in [-0.25, -0.2) is 0 Å². The van der Waals surface area contributed by atoms with E-state index in [0.717, 1.165) is 32.1 Å². The molecular weight excluding hydrogens is 472 g/mol. The van der Waals surface area contributed by atoms with Crippen molar-refractivity contribution < 1.29 is 34.4 Å². The van der Waals surface area contributed by atoms with Crippen molar-refractivity contribution in [1.82, 2.24) is 0 Å². The third-order valence-corrected chi connectivity index (χ3v) is 9.53. The topological polar surface area (TPSA) is 117 Å². The molecule has 2 aliphatic carbocycles. The molecule has 3 N–H and O–H groups in total. The van der Waals surface area contributed by atoms with E-state index in [0.29, 0.717) is 29.6 Å². The average Bonchev–Trinajstić information content (AvgIpc) is 3.65. The van der Waals surface area contributed by atoms with Crippen LogP contribution in [0.25, 0.3) is 0 Å². The molecule has 3 fully saturated rings. The number of aliphatic hydroxyl groups is 3. The van der Waals surface area contributed by atoms with Gasteiger partial charge in [0.15, 0.2) is 11.9 Å². The van der Waals surface area contributed by atoms with Gasteiger partial charge in [-0.3, -0.25) is 9.59 Å². The van der Waals surface area contributed by atoms with E-state index in [1.165, 1.54) is 6.42 Å². The summed E-state index contributed by atoms with van der Waals surface area (Å²) in [6.45, 7) is 11.5. The van der Waals surface area contributed by atoms with E-state index >= 15 is 0 Å². The molecule has 7 nitrogen and oxygen atoms in total. The van der Waals surface area contributed by atoms with Crippen molar-refractivity contribution in [3.05, 3.63) is 22.8 Å². The summed E-state index contributed by atoms with van der Waals surface area (Å²) in [6.07, 6.45) is 6.87. The molecule has 1 saturated heterocycles. The number of carbonyl (C=O) groups excluding carboxylic acids is 2. The van der Waals surface area contributed by atoms with Gasteiger partial charge < -0.3 is 24.8 Å². The van der Waals surface area contributed by atoms with Gasteiger partial charge in [-0.1, -0.05) is 52.5 Å². The molecule has 0 aromatic rings. The minimum atomic E-state index is -1.02. The van der Waals surface area contributed by atoms with Gasteiger partial charge in [-0.05, 0) is 69.1 Å². The van der Waals surface area contributed by atoms with Crippen LogP contribution in [0.15, 0.2) is 22.8 Å². The molecule has 0 aromatic heterocycles. The molecule has 1 heterocycles. The summed E-state index contributed by atoms with van der Waals surface area (Å²) in [4.78, 5) is 26.4. The zero-order chi connectivity index (χ0) is 27.5. The highest BCUT2D eigenvalue weighted by Gasteiger charge is 2.79. The number of unbranched alkanes of at least 4 members (excludes halogenated alkanes) is 3. The summed E-state index contributed by atoms with van der Waals surface area (Å²) in [5, 5.41) is 30.4. The Morgan fingerprint density at radius 3 is 2.54 bits per heavy atom. The van der Waals surface area contributed by atoms with E-state index in [9.17, 15) is 24.9 Å². The lowest BCUT2D eigenvalue weighted by Crippen LogP contribution is -2.59. The maximum atomic E-state index is 13.2. The first-order valence-corrected chi connectivity index (χ1v) is 14.2. The maximum absolute atomic E-state index is 13.2. The summed E-state index contributed by atoms with van der Waals surface area (Å²) in [5.74, 6) is -1.20. The molecule has 8 unspecified atom stereocenters. The normalized spacial score (nSPS) is 35.2. The number of rotatable bonds is 12. The van der Waals surface area contributed by atoms with Gasteiger partial charge in [0.2, 0.25) is 0 Å². The van der Waals surface area contributed by atoms with Crippen LogP contribution in [0, 0.1) is 23.2 Å². The van der Waals surface area contributed by atoms with Gasteiger partial charge in [-0.15, -0.1) is 0 Å². The monoisotopic (exact) mass is 520 g/mol. The van der Waals surface area contributed by atoms with E-state index in [2.05, 4.69) is 20.8 Å².